The molecule has 1 aliphatic heterocycles. The minimum absolute atomic E-state index is 0.0710. The molecule has 8 nitrogen and oxygen atoms in total. The van der Waals surface area contributed by atoms with Crippen molar-refractivity contribution < 1.29 is 18.1 Å². The van der Waals surface area contributed by atoms with Crippen molar-refractivity contribution in [3.8, 4) is 5.75 Å². The first kappa shape index (κ1) is 19.1. The van der Waals surface area contributed by atoms with Crippen LogP contribution >= 0.6 is 0 Å². The second-order valence-corrected chi connectivity index (χ2v) is 8.04. The van der Waals surface area contributed by atoms with Crippen molar-refractivity contribution in [3.63, 3.8) is 0 Å². The molecule has 2 aromatic carbocycles. The Kier molecular flexibility index (Phi) is 5.92. The van der Waals surface area contributed by atoms with E-state index in [9.17, 15) is 18.5 Å². The van der Waals surface area contributed by atoms with Crippen molar-refractivity contribution in [2.75, 3.05) is 31.6 Å². The lowest BCUT2D eigenvalue weighted by Crippen LogP contribution is -2.29. The van der Waals surface area contributed by atoms with Gasteiger partial charge in [-0.3, -0.25) is 10.1 Å². The Morgan fingerprint density at radius 1 is 1.11 bits per heavy atom. The van der Waals surface area contributed by atoms with Crippen LogP contribution in [0.2, 0.25) is 0 Å². The van der Waals surface area contributed by atoms with Gasteiger partial charge in [0.15, 0.2) is 0 Å². The van der Waals surface area contributed by atoms with Crippen LogP contribution in [-0.4, -0.2) is 43.9 Å². The molecule has 9 heteroatoms. The van der Waals surface area contributed by atoms with Gasteiger partial charge in [0.05, 0.1) is 10.6 Å². The van der Waals surface area contributed by atoms with Gasteiger partial charge in [-0.1, -0.05) is 18.2 Å². The summed E-state index contributed by atoms with van der Waals surface area (Å²) in [6.45, 7) is 1.54. The molecule has 27 heavy (non-hydrogen) atoms. The van der Waals surface area contributed by atoms with E-state index in [1.54, 1.807) is 0 Å². The van der Waals surface area contributed by atoms with E-state index in [1.165, 1.54) is 16.4 Å². The smallest absolute Gasteiger partial charge is 0.270 e. The van der Waals surface area contributed by atoms with E-state index in [0.717, 1.165) is 18.9 Å². The summed E-state index contributed by atoms with van der Waals surface area (Å²) in [5.74, 6) is 0.716. The molecule has 144 valence electrons. The van der Waals surface area contributed by atoms with E-state index in [1.807, 2.05) is 30.3 Å². The van der Waals surface area contributed by atoms with E-state index < -0.39 is 14.9 Å². The number of nitrogens with zero attached hydrogens (tertiary/aromatic N) is 2. The van der Waals surface area contributed by atoms with Crippen LogP contribution in [-0.2, 0) is 10.0 Å². The van der Waals surface area contributed by atoms with Gasteiger partial charge in [-0.2, -0.15) is 4.31 Å². The molecule has 1 saturated heterocycles. The predicted molar refractivity (Wildman–Crippen MR) is 102 cm³/mol. The van der Waals surface area contributed by atoms with Crippen LogP contribution in [0.15, 0.2) is 53.4 Å². The quantitative estimate of drug-likeness (QED) is 0.422. The molecule has 0 aromatic heterocycles. The van der Waals surface area contributed by atoms with Crippen molar-refractivity contribution >= 4 is 21.4 Å². The Labute approximate surface area is 158 Å². The van der Waals surface area contributed by atoms with Gasteiger partial charge in [0.2, 0.25) is 10.0 Å². The van der Waals surface area contributed by atoms with Crippen molar-refractivity contribution in [1.29, 1.82) is 0 Å². The number of sulfonamides is 1. The Bertz CT molecular complexity index is 896. The van der Waals surface area contributed by atoms with Crippen molar-refractivity contribution in [2.24, 2.45) is 0 Å². The number of benzene rings is 2. The third-order valence-corrected chi connectivity index (χ3v) is 6.23. The zero-order valence-electron chi connectivity index (χ0n) is 14.7. The standard InChI is InChI=1S/C18H21N3O5S/c22-21(23)15-8-9-17(19-10-13-26-16-6-2-1-3-7-16)18(14-15)27(24,25)20-11-4-5-12-20/h1-3,6-9,14,19H,4-5,10-13H2. The highest BCUT2D eigenvalue weighted by Crippen LogP contribution is 2.30. The molecule has 1 heterocycles. The SMILES string of the molecule is O=[N+]([O-])c1ccc(NCCOc2ccccc2)c(S(=O)(=O)N2CCCC2)c1. The number of nitro groups is 1. The van der Waals surface area contributed by atoms with Crippen molar-refractivity contribution in [2.45, 2.75) is 17.7 Å². The maximum Gasteiger partial charge on any atom is 0.270 e. The Morgan fingerprint density at radius 3 is 2.48 bits per heavy atom. The molecule has 0 radical (unpaired) electrons. The van der Waals surface area contributed by atoms with Crippen molar-refractivity contribution in [3.05, 3.63) is 58.6 Å². The maximum absolute atomic E-state index is 12.9. The third kappa shape index (κ3) is 4.55. The average molecular weight is 391 g/mol. The van der Waals surface area contributed by atoms with Gasteiger partial charge >= 0.3 is 0 Å². The van der Waals surface area contributed by atoms with E-state index in [0.29, 0.717) is 37.7 Å². The number of anilines is 1. The van der Waals surface area contributed by atoms with Gasteiger partial charge < -0.3 is 10.1 Å². The van der Waals surface area contributed by atoms with E-state index in [2.05, 4.69) is 5.32 Å². The van der Waals surface area contributed by atoms with Gasteiger partial charge in [0.25, 0.3) is 5.69 Å². The number of nitro benzene ring substituents is 1. The lowest BCUT2D eigenvalue weighted by molar-refractivity contribution is -0.385. The molecule has 0 aliphatic carbocycles. The van der Waals surface area contributed by atoms with Crippen LogP contribution in [0.4, 0.5) is 11.4 Å². The first-order valence-electron chi connectivity index (χ1n) is 8.69. The topological polar surface area (TPSA) is 102 Å². The van der Waals surface area contributed by atoms with Crippen molar-refractivity contribution in [1.82, 2.24) is 4.31 Å². The highest BCUT2D eigenvalue weighted by Gasteiger charge is 2.30. The summed E-state index contributed by atoms with van der Waals surface area (Å²) >= 11 is 0. The van der Waals surface area contributed by atoms with Crippen LogP contribution in [0.3, 0.4) is 0 Å². The molecule has 0 amide bonds. The average Bonchev–Trinajstić information content (AvgIpc) is 3.21. The lowest BCUT2D eigenvalue weighted by Gasteiger charge is -2.19. The highest BCUT2D eigenvalue weighted by atomic mass is 32.2. The molecule has 3 rings (SSSR count). The first-order valence-corrected chi connectivity index (χ1v) is 10.1. The Balaban J connectivity index is 1.76. The third-order valence-electron chi connectivity index (χ3n) is 4.29. The van der Waals surface area contributed by atoms with E-state index in [-0.39, 0.29) is 10.6 Å². The summed E-state index contributed by atoms with van der Waals surface area (Å²) in [5, 5.41) is 14.1. The van der Waals surface area contributed by atoms with Crippen LogP contribution in [0.5, 0.6) is 5.75 Å². The number of para-hydroxylation sites is 1. The molecule has 1 fully saturated rings. The lowest BCUT2D eigenvalue weighted by atomic mass is 10.3. The molecule has 1 N–H and O–H groups in total. The number of nitrogens with one attached hydrogen (secondary N) is 1. The number of hydrogen-bond acceptors (Lipinski definition) is 6. The van der Waals surface area contributed by atoms with Gasteiger partial charge in [0.1, 0.15) is 17.3 Å². The van der Waals surface area contributed by atoms with Crippen LogP contribution in [0.25, 0.3) is 0 Å². The molecular formula is C18H21N3O5S. The fraction of sp³-hybridized carbons (Fsp3) is 0.333. The summed E-state index contributed by atoms with van der Waals surface area (Å²) in [6, 6.07) is 13.1. The molecular weight excluding hydrogens is 370 g/mol. The molecule has 0 bridgehead atoms. The summed E-state index contributed by atoms with van der Waals surface area (Å²) < 4.78 is 32.8. The summed E-state index contributed by atoms with van der Waals surface area (Å²) in [7, 11) is -3.79. The number of rotatable bonds is 8. The fourth-order valence-corrected chi connectivity index (χ4v) is 4.63. The zero-order chi connectivity index (χ0) is 19.3. The van der Waals surface area contributed by atoms with Gasteiger partial charge in [0, 0.05) is 31.8 Å². The molecule has 1 aliphatic rings. The maximum atomic E-state index is 12.9. The second-order valence-electron chi connectivity index (χ2n) is 6.14. The normalized spacial score (nSPS) is 14.8. The zero-order valence-corrected chi connectivity index (χ0v) is 15.5. The largest absolute Gasteiger partial charge is 0.492 e. The monoisotopic (exact) mass is 391 g/mol. The summed E-state index contributed by atoms with van der Waals surface area (Å²) in [4.78, 5) is 10.4. The van der Waals surface area contributed by atoms with Crippen LogP contribution in [0.1, 0.15) is 12.8 Å². The van der Waals surface area contributed by atoms with Gasteiger partial charge in [-0.15, -0.1) is 0 Å². The summed E-state index contributed by atoms with van der Waals surface area (Å²) in [6.07, 6.45) is 1.59. The predicted octanol–water partition coefficient (Wildman–Crippen LogP) is 2.87. The fourth-order valence-electron chi connectivity index (χ4n) is 2.92. The molecule has 0 spiro atoms. The molecule has 0 unspecified atom stereocenters. The van der Waals surface area contributed by atoms with Gasteiger partial charge in [-0.05, 0) is 31.0 Å². The van der Waals surface area contributed by atoms with E-state index >= 15 is 0 Å². The minimum Gasteiger partial charge on any atom is -0.492 e. The number of ether oxygens (including phenoxy) is 1. The molecule has 0 saturated carbocycles. The highest BCUT2D eigenvalue weighted by molar-refractivity contribution is 7.89. The summed E-state index contributed by atoms with van der Waals surface area (Å²) in [5.41, 5.74) is 0.0861. The Morgan fingerprint density at radius 2 is 1.81 bits per heavy atom. The molecule has 0 atom stereocenters. The number of hydrogen-bond donors (Lipinski definition) is 1. The number of non-ortho nitro benzene ring substituents is 1. The molecule has 2 aromatic rings. The van der Waals surface area contributed by atoms with E-state index in [4.69, 9.17) is 4.74 Å². The first-order chi connectivity index (χ1) is 13.0. The van der Waals surface area contributed by atoms with Crippen LogP contribution in [0, 0.1) is 10.1 Å². The van der Waals surface area contributed by atoms with Gasteiger partial charge in [-0.25, -0.2) is 8.42 Å². The Hall–Kier alpha value is -2.65. The minimum atomic E-state index is -3.79. The second kappa shape index (κ2) is 8.36. The van der Waals surface area contributed by atoms with Crippen LogP contribution < -0.4 is 10.1 Å².